The first-order chi connectivity index (χ1) is 7.81. The lowest BCUT2D eigenvalue weighted by Gasteiger charge is -2.41. The van der Waals surface area contributed by atoms with Crippen molar-refractivity contribution in [3.8, 4) is 0 Å². The van der Waals surface area contributed by atoms with E-state index in [-0.39, 0.29) is 0 Å². The van der Waals surface area contributed by atoms with Gasteiger partial charge < -0.3 is 15.4 Å². The molecule has 0 radical (unpaired) electrons. The second-order valence-corrected chi connectivity index (χ2v) is 5.33. The van der Waals surface area contributed by atoms with Crippen molar-refractivity contribution < 1.29 is 4.74 Å². The first kappa shape index (κ1) is 12.3. The molecule has 2 rings (SSSR count). The van der Waals surface area contributed by atoms with Crippen LogP contribution in [0.3, 0.4) is 0 Å². The molecule has 0 aliphatic carbocycles. The van der Waals surface area contributed by atoms with E-state index in [0.717, 1.165) is 19.3 Å². The van der Waals surface area contributed by atoms with Gasteiger partial charge in [-0.1, -0.05) is 20.3 Å². The summed E-state index contributed by atoms with van der Waals surface area (Å²) in [6, 6.07) is 2.60. The van der Waals surface area contributed by atoms with Crippen molar-refractivity contribution >= 4 is 0 Å². The van der Waals surface area contributed by atoms with Crippen LogP contribution in [0, 0.1) is 0 Å². The van der Waals surface area contributed by atoms with Crippen molar-refractivity contribution in [1.82, 2.24) is 10.6 Å². The molecule has 0 saturated carbocycles. The molecule has 2 fully saturated rings. The number of fused-ring (bicyclic) bond motifs is 2. The molecule has 0 spiro atoms. The zero-order valence-corrected chi connectivity index (χ0v) is 10.7. The number of rotatable bonds is 5. The lowest BCUT2D eigenvalue weighted by atomic mass is 9.91. The number of morpholine rings is 1. The molecule has 2 bridgehead atoms. The van der Waals surface area contributed by atoms with Crippen LogP contribution in [0.5, 0.6) is 0 Å². The fraction of sp³-hybridized carbons (Fsp3) is 1.00. The normalized spacial score (nSPS) is 36.0. The summed E-state index contributed by atoms with van der Waals surface area (Å²) in [5.74, 6) is 0. The average Bonchev–Trinajstić information content (AvgIpc) is 2.28. The maximum Gasteiger partial charge on any atom is 0.0621 e. The Morgan fingerprint density at radius 3 is 2.50 bits per heavy atom. The molecule has 2 aliphatic rings. The van der Waals surface area contributed by atoms with Gasteiger partial charge in [-0.15, -0.1) is 0 Å². The van der Waals surface area contributed by atoms with Gasteiger partial charge in [-0.3, -0.25) is 0 Å². The predicted molar refractivity (Wildman–Crippen MR) is 66.7 cm³/mol. The van der Waals surface area contributed by atoms with Crippen LogP contribution in [0.15, 0.2) is 0 Å². The standard InChI is InChI=1S/C13H26N2O/c1-3-5-10(4-2)14-11-6-12-8-16-9-13(7-11)15-12/h10-15H,3-9H2,1-2H3. The van der Waals surface area contributed by atoms with Crippen molar-refractivity contribution in [3.05, 3.63) is 0 Å². The Bertz CT molecular complexity index is 198. The zero-order valence-electron chi connectivity index (χ0n) is 10.7. The Kier molecular flexibility index (Phi) is 4.62. The van der Waals surface area contributed by atoms with E-state index in [1.54, 1.807) is 0 Å². The Hall–Kier alpha value is -0.120. The third-order valence-corrected chi connectivity index (χ3v) is 3.85. The van der Waals surface area contributed by atoms with E-state index in [1.165, 1.54) is 32.1 Å². The van der Waals surface area contributed by atoms with Gasteiger partial charge in [0.05, 0.1) is 13.2 Å². The molecule has 0 aromatic rings. The highest BCUT2D eigenvalue weighted by atomic mass is 16.5. The van der Waals surface area contributed by atoms with Gasteiger partial charge in [0, 0.05) is 24.2 Å². The van der Waals surface area contributed by atoms with Crippen molar-refractivity contribution in [2.24, 2.45) is 0 Å². The molecule has 2 aliphatic heterocycles. The molecular formula is C13H26N2O. The van der Waals surface area contributed by atoms with Crippen molar-refractivity contribution in [1.29, 1.82) is 0 Å². The second-order valence-electron chi connectivity index (χ2n) is 5.33. The fourth-order valence-corrected chi connectivity index (χ4v) is 3.06. The second kappa shape index (κ2) is 5.99. The van der Waals surface area contributed by atoms with E-state index >= 15 is 0 Å². The first-order valence-electron chi connectivity index (χ1n) is 6.91. The molecule has 3 unspecified atom stereocenters. The van der Waals surface area contributed by atoms with Crippen LogP contribution in [-0.4, -0.2) is 37.4 Å². The first-order valence-corrected chi connectivity index (χ1v) is 6.91. The summed E-state index contributed by atoms with van der Waals surface area (Å²) in [5, 5.41) is 7.48. The molecule has 3 heteroatoms. The minimum Gasteiger partial charge on any atom is -0.378 e. The van der Waals surface area contributed by atoms with Gasteiger partial charge in [0.15, 0.2) is 0 Å². The third-order valence-electron chi connectivity index (χ3n) is 3.85. The Morgan fingerprint density at radius 2 is 1.94 bits per heavy atom. The summed E-state index contributed by atoms with van der Waals surface area (Å²) >= 11 is 0. The number of nitrogens with one attached hydrogen (secondary N) is 2. The lowest BCUT2D eigenvalue weighted by molar-refractivity contribution is 0.0132. The fourth-order valence-electron chi connectivity index (χ4n) is 3.06. The highest BCUT2D eigenvalue weighted by molar-refractivity contribution is 4.92. The highest BCUT2D eigenvalue weighted by Crippen LogP contribution is 2.19. The van der Waals surface area contributed by atoms with Crippen LogP contribution in [0.1, 0.15) is 46.0 Å². The van der Waals surface area contributed by atoms with Crippen LogP contribution in [0.25, 0.3) is 0 Å². The largest absolute Gasteiger partial charge is 0.378 e. The summed E-state index contributed by atoms with van der Waals surface area (Å²) in [5.41, 5.74) is 0. The summed E-state index contributed by atoms with van der Waals surface area (Å²) in [6.07, 6.45) is 6.32. The van der Waals surface area contributed by atoms with Gasteiger partial charge in [0.25, 0.3) is 0 Å². The van der Waals surface area contributed by atoms with Gasteiger partial charge in [0.1, 0.15) is 0 Å². The summed E-state index contributed by atoms with van der Waals surface area (Å²) in [7, 11) is 0. The number of ether oxygens (including phenoxy) is 1. The zero-order chi connectivity index (χ0) is 11.4. The van der Waals surface area contributed by atoms with Gasteiger partial charge in [0.2, 0.25) is 0 Å². The summed E-state index contributed by atoms with van der Waals surface area (Å²) in [4.78, 5) is 0. The number of piperidine rings is 1. The van der Waals surface area contributed by atoms with E-state index in [4.69, 9.17) is 4.74 Å². The van der Waals surface area contributed by atoms with Crippen molar-refractivity contribution in [2.45, 2.75) is 70.1 Å². The summed E-state index contributed by atoms with van der Waals surface area (Å²) < 4.78 is 5.57. The highest BCUT2D eigenvalue weighted by Gasteiger charge is 2.32. The van der Waals surface area contributed by atoms with E-state index in [2.05, 4.69) is 24.5 Å². The number of hydrogen-bond donors (Lipinski definition) is 2. The van der Waals surface area contributed by atoms with Crippen LogP contribution in [-0.2, 0) is 4.74 Å². The van der Waals surface area contributed by atoms with Crippen LogP contribution < -0.4 is 10.6 Å². The van der Waals surface area contributed by atoms with E-state index in [1.807, 2.05) is 0 Å². The average molecular weight is 226 g/mol. The lowest BCUT2D eigenvalue weighted by Crippen LogP contribution is -2.59. The van der Waals surface area contributed by atoms with Crippen molar-refractivity contribution in [3.63, 3.8) is 0 Å². The van der Waals surface area contributed by atoms with Crippen LogP contribution in [0.2, 0.25) is 0 Å². The van der Waals surface area contributed by atoms with Gasteiger partial charge in [-0.25, -0.2) is 0 Å². The van der Waals surface area contributed by atoms with Gasteiger partial charge in [-0.05, 0) is 25.7 Å². The molecule has 0 aromatic heterocycles. The van der Waals surface area contributed by atoms with Crippen molar-refractivity contribution in [2.75, 3.05) is 13.2 Å². The van der Waals surface area contributed by atoms with Gasteiger partial charge in [-0.2, -0.15) is 0 Å². The Balaban J connectivity index is 1.80. The van der Waals surface area contributed by atoms with Gasteiger partial charge >= 0.3 is 0 Å². The molecule has 0 amide bonds. The Labute approximate surface area is 99.3 Å². The monoisotopic (exact) mass is 226 g/mol. The maximum atomic E-state index is 5.57. The smallest absolute Gasteiger partial charge is 0.0621 e. The molecule has 0 aromatic carbocycles. The quantitative estimate of drug-likeness (QED) is 0.748. The molecule has 94 valence electrons. The molecule has 16 heavy (non-hydrogen) atoms. The molecular weight excluding hydrogens is 200 g/mol. The molecule has 3 nitrogen and oxygen atoms in total. The molecule has 2 N–H and O–H groups in total. The molecule has 2 saturated heterocycles. The number of hydrogen-bond acceptors (Lipinski definition) is 3. The SMILES string of the molecule is CCCC(CC)NC1CC2COCC(C1)N2. The summed E-state index contributed by atoms with van der Waals surface area (Å²) in [6.45, 7) is 6.37. The molecule has 2 heterocycles. The van der Waals surface area contributed by atoms with Crippen LogP contribution in [0.4, 0.5) is 0 Å². The third kappa shape index (κ3) is 3.19. The Morgan fingerprint density at radius 1 is 1.25 bits per heavy atom. The van der Waals surface area contributed by atoms with E-state index < -0.39 is 0 Å². The minimum absolute atomic E-state index is 0.587. The maximum absolute atomic E-state index is 5.57. The van der Waals surface area contributed by atoms with Crippen LogP contribution >= 0.6 is 0 Å². The van der Waals surface area contributed by atoms with E-state index in [0.29, 0.717) is 18.1 Å². The molecule has 3 atom stereocenters. The van der Waals surface area contributed by atoms with E-state index in [9.17, 15) is 0 Å². The minimum atomic E-state index is 0.587. The topological polar surface area (TPSA) is 33.3 Å². The predicted octanol–water partition coefficient (Wildman–Crippen LogP) is 1.67.